The van der Waals surface area contributed by atoms with Gasteiger partial charge < -0.3 is 4.90 Å². The predicted molar refractivity (Wildman–Crippen MR) is 59.6 cm³/mol. The van der Waals surface area contributed by atoms with Crippen molar-refractivity contribution in [2.24, 2.45) is 5.84 Å². The molecule has 0 bridgehead atoms. The summed E-state index contributed by atoms with van der Waals surface area (Å²) in [6, 6.07) is 1.55. The molecule has 0 spiro atoms. The van der Waals surface area contributed by atoms with Crippen LogP contribution in [0.1, 0.15) is 18.0 Å². The molecule has 1 unspecified atom stereocenters. The Labute approximate surface area is 98.4 Å². The summed E-state index contributed by atoms with van der Waals surface area (Å²) in [6.07, 6.45) is 0.492. The fourth-order valence-corrected chi connectivity index (χ4v) is 1.53. The minimum Gasteiger partial charge on any atom is -0.309 e. The van der Waals surface area contributed by atoms with E-state index in [4.69, 9.17) is 5.84 Å². The molecule has 3 nitrogen and oxygen atoms in total. The largest absolute Gasteiger partial charge is 0.309 e. The number of hydrogen-bond donors (Lipinski definition) is 2. The van der Waals surface area contributed by atoms with E-state index in [-0.39, 0.29) is 5.56 Å². The number of hydrogen-bond acceptors (Lipinski definition) is 3. The second kappa shape index (κ2) is 6.00. The molecule has 1 atom stereocenters. The average Bonchev–Trinajstić information content (AvgIpc) is 2.29. The molecule has 0 aliphatic rings. The molecule has 96 valence electrons. The zero-order valence-corrected chi connectivity index (χ0v) is 9.80. The maximum Gasteiger partial charge on any atom is 0.194 e. The Morgan fingerprint density at radius 1 is 1.24 bits per heavy atom. The van der Waals surface area contributed by atoms with E-state index in [1.807, 2.05) is 19.0 Å². The first-order valence-electron chi connectivity index (χ1n) is 5.21. The lowest BCUT2D eigenvalue weighted by Gasteiger charge is -2.19. The van der Waals surface area contributed by atoms with Gasteiger partial charge in [-0.15, -0.1) is 0 Å². The highest BCUT2D eigenvalue weighted by Crippen LogP contribution is 2.23. The molecule has 0 aliphatic carbocycles. The van der Waals surface area contributed by atoms with E-state index in [1.165, 1.54) is 6.07 Å². The second-order valence-electron chi connectivity index (χ2n) is 4.08. The van der Waals surface area contributed by atoms with Gasteiger partial charge in [-0.05, 0) is 33.1 Å². The smallest absolute Gasteiger partial charge is 0.194 e. The summed E-state index contributed by atoms with van der Waals surface area (Å²) in [6.45, 7) is 0.646. The quantitative estimate of drug-likeness (QED) is 0.471. The van der Waals surface area contributed by atoms with Gasteiger partial charge in [0.1, 0.15) is 0 Å². The van der Waals surface area contributed by atoms with Crippen molar-refractivity contribution in [1.82, 2.24) is 10.3 Å². The molecule has 17 heavy (non-hydrogen) atoms. The van der Waals surface area contributed by atoms with Crippen LogP contribution < -0.4 is 11.3 Å². The van der Waals surface area contributed by atoms with Crippen molar-refractivity contribution in [1.29, 1.82) is 0 Å². The third-order valence-electron chi connectivity index (χ3n) is 2.51. The number of nitrogens with zero attached hydrogens (tertiary/aromatic N) is 1. The van der Waals surface area contributed by atoms with Gasteiger partial charge in [-0.2, -0.15) is 0 Å². The van der Waals surface area contributed by atoms with Crippen LogP contribution >= 0.6 is 0 Å². The Morgan fingerprint density at radius 3 is 2.41 bits per heavy atom. The van der Waals surface area contributed by atoms with E-state index in [9.17, 15) is 13.2 Å². The van der Waals surface area contributed by atoms with Gasteiger partial charge in [0, 0.05) is 5.56 Å². The standard InChI is InChI=1S/C11H16F3N3/c1-17(2)6-5-9(16-15)7-3-4-8(12)11(14)10(7)13/h3-4,9,16H,5-6,15H2,1-2H3. The molecule has 0 saturated heterocycles. The summed E-state index contributed by atoms with van der Waals surface area (Å²) in [4.78, 5) is 1.89. The van der Waals surface area contributed by atoms with E-state index in [0.717, 1.165) is 6.07 Å². The van der Waals surface area contributed by atoms with E-state index >= 15 is 0 Å². The molecular weight excluding hydrogens is 231 g/mol. The number of nitrogens with one attached hydrogen (secondary N) is 1. The van der Waals surface area contributed by atoms with Crippen molar-refractivity contribution >= 4 is 0 Å². The average molecular weight is 247 g/mol. The SMILES string of the molecule is CN(C)CCC(NN)c1ccc(F)c(F)c1F. The van der Waals surface area contributed by atoms with Gasteiger partial charge >= 0.3 is 0 Å². The molecule has 0 aliphatic heterocycles. The lowest BCUT2D eigenvalue weighted by molar-refractivity contribution is 0.353. The minimum absolute atomic E-state index is 0.0354. The number of hydrazine groups is 1. The van der Waals surface area contributed by atoms with Gasteiger partial charge in [0.25, 0.3) is 0 Å². The van der Waals surface area contributed by atoms with Crippen LogP contribution in [0.15, 0.2) is 12.1 Å². The van der Waals surface area contributed by atoms with Crippen LogP contribution in [0.3, 0.4) is 0 Å². The van der Waals surface area contributed by atoms with Crippen molar-refractivity contribution in [2.75, 3.05) is 20.6 Å². The summed E-state index contributed by atoms with van der Waals surface area (Å²) in [5.41, 5.74) is 2.44. The first-order chi connectivity index (χ1) is 7.97. The fourth-order valence-electron chi connectivity index (χ4n) is 1.53. The van der Waals surface area contributed by atoms with E-state index < -0.39 is 23.5 Å². The summed E-state index contributed by atoms with van der Waals surface area (Å²) in [7, 11) is 3.71. The third kappa shape index (κ3) is 3.42. The third-order valence-corrected chi connectivity index (χ3v) is 2.51. The lowest BCUT2D eigenvalue weighted by atomic mass is 10.0. The zero-order valence-electron chi connectivity index (χ0n) is 9.80. The minimum atomic E-state index is -1.47. The number of nitrogens with two attached hydrogens (primary N) is 1. The number of benzene rings is 1. The fraction of sp³-hybridized carbons (Fsp3) is 0.455. The summed E-state index contributed by atoms with van der Waals surface area (Å²) >= 11 is 0. The molecule has 6 heteroatoms. The Hall–Kier alpha value is -1.11. The highest BCUT2D eigenvalue weighted by Gasteiger charge is 2.19. The van der Waals surface area contributed by atoms with Crippen molar-refractivity contribution < 1.29 is 13.2 Å². The van der Waals surface area contributed by atoms with Gasteiger partial charge in [0.15, 0.2) is 17.5 Å². The van der Waals surface area contributed by atoms with Crippen LogP contribution in [0.4, 0.5) is 13.2 Å². The van der Waals surface area contributed by atoms with Gasteiger partial charge in [0.05, 0.1) is 6.04 Å². The zero-order chi connectivity index (χ0) is 13.0. The monoisotopic (exact) mass is 247 g/mol. The first-order valence-corrected chi connectivity index (χ1v) is 5.21. The van der Waals surface area contributed by atoms with E-state index in [1.54, 1.807) is 0 Å². The van der Waals surface area contributed by atoms with Crippen LogP contribution in [0.25, 0.3) is 0 Å². The Balaban J connectivity index is 2.92. The normalized spacial score (nSPS) is 13.1. The van der Waals surface area contributed by atoms with Gasteiger partial charge in [-0.1, -0.05) is 6.07 Å². The number of halogens is 3. The van der Waals surface area contributed by atoms with Crippen LogP contribution in [0.2, 0.25) is 0 Å². The molecule has 1 rings (SSSR count). The highest BCUT2D eigenvalue weighted by molar-refractivity contribution is 5.23. The molecule has 0 aromatic heterocycles. The van der Waals surface area contributed by atoms with Crippen molar-refractivity contribution in [3.05, 3.63) is 35.1 Å². The molecule has 0 saturated carbocycles. The Kier molecular flexibility index (Phi) is 4.92. The van der Waals surface area contributed by atoms with E-state index in [0.29, 0.717) is 13.0 Å². The summed E-state index contributed by atoms with van der Waals surface area (Å²) < 4.78 is 39.3. The van der Waals surface area contributed by atoms with Crippen LogP contribution in [-0.4, -0.2) is 25.5 Å². The summed E-state index contributed by atoms with van der Waals surface area (Å²) in [5, 5.41) is 0. The van der Waals surface area contributed by atoms with Crippen molar-refractivity contribution in [2.45, 2.75) is 12.5 Å². The molecule has 0 radical (unpaired) electrons. The van der Waals surface area contributed by atoms with Crippen molar-refractivity contribution in [3.8, 4) is 0 Å². The Bertz CT molecular complexity index is 382. The second-order valence-corrected chi connectivity index (χ2v) is 4.08. The van der Waals surface area contributed by atoms with Crippen LogP contribution in [-0.2, 0) is 0 Å². The highest BCUT2D eigenvalue weighted by atomic mass is 19.2. The molecule has 1 aromatic rings. The maximum absolute atomic E-state index is 13.5. The maximum atomic E-state index is 13.5. The summed E-state index contributed by atoms with van der Waals surface area (Å²) in [5.74, 6) is 1.44. The lowest BCUT2D eigenvalue weighted by Crippen LogP contribution is -2.31. The number of rotatable bonds is 5. The van der Waals surface area contributed by atoms with Gasteiger partial charge in [-0.25, -0.2) is 13.2 Å². The van der Waals surface area contributed by atoms with Crippen molar-refractivity contribution in [3.63, 3.8) is 0 Å². The topological polar surface area (TPSA) is 41.3 Å². The predicted octanol–water partition coefficient (Wildman–Crippen LogP) is 1.56. The molecule has 3 N–H and O–H groups in total. The van der Waals surface area contributed by atoms with Gasteiger partial charge in [0.2, 0.25) is 0 Å². The van der Waals surface area contributed by atoms with E-state index in [2.05, 4.69) is 5.43 Å². The molecule has 0 heterocycles. The molecule has 1 aromatic carbocycles. The molecular formula is C11H16F3N3. The first kappa shape index (κ1) is 14.0. The Morgan fingerprint density at radius 2 is 1.88 bits per heavy atom. The van der Waals surface area contributed by atoms with Crippen LogP contribution in [0.5, 0.6) is 0 Å². The molecule has 0 fully saturated rings. The van der Waals surface area contributed by atoms with Gasteiger partial charge in [-0.3, -0.25) is 11.3 Å². The molecule has 0 amide bonds. The van der Waals surface area contributed by atoms with Crippen LogP contribution in [0, 0.1) is 17.5 Å².